The van der Waals surface area contributed by atoms with Crippen LogP contribution in [0.1, 0.15) is 45.1 Å². The first-order valence-corrected chi connectivity index (χ1v) is 9.89. The van der Waals surface area contributed by atoms with Gasteiger partial charge in [-0.05, 0) is 69.3 Å². The minimum Gasteiger partial charge on any atom is -0.494 e. The van der Waals surface area contributed by atoms with Gasteiger partial charge in [-0.2, -0.15) is 0 Å². The van der Waals surface area contributed by atoms with Crippen LogP contribution in [-0.2, 0) is 16.1 Å². The SMILES string of the molecule is CCOc1ccc(CN2CCC3(CCC(=O)N(C(C)C(=O)O)C3)CC2)cc1. The van der Waals surface area contributed by atoms with Crippen molar-refractivity contribution in [1.29, 1.82) is 0 Å². The lowest BCUT2D eigenvalue weighted by Gasteiger charge is -2.48. The maximum absolute atomic E-state index is 12.2. The third kappa shape index (κ3) is 4.61. The first-order valence-electron chi connectivity index (χ1n) is 9.89. The Morgan fingerprint density at radius 1 is 1.22 bits per heavy atom. The summed E-state index contributed by atoms with van der Waals surface area (Å²) < 4.78 is 5.49. The van der Waals surface area contributed by atoms with Gasteiger partial charge in [0.15, 0.2) is 0 Å². The molecular weight excluding hydrogens is 344 g/mol. The molecule has 0 aromatic heterocycles. The van der Waals surface area contributed by atoms with Crippen molar-refractivity contribution in [3.8, 4) is 5.75 Å². The number of ether oxygens (including phenoxy) is 1. The van der Waals surface area contributed by atoms with Gasteiger partial charge < -0.3 is 14.7 Å². The number of carbonyl (C=O) groups excluding carboxylic acids is 1. The molecule has 0 bridgehead atoms. The molecule has 0 aliphatic carbocycles. The average molecular weight is 374 g/mol. The predicted molar refractivity (Wildman–Crippen MR) is 103 cm³/mol. The van der Waals surface area contributed by atoms with Crippen LogP contribution in [0.25, 0.3) is 0 Å². The fourth-order valence-electron chi connectivity index (χ4n) is 4.24. The lowest BCUT2D eigenvalue weighted by molar-refractivity contribution is -0.155. The number of carboxylic acid groups (broad SMARTS) is 1. The highest BCUT2D eigenvalue weighted by molar-refractivity contribution is 5.84. The van der Waals surface area contributed by atoms with Crippen molar-refractivity contribution in [3.05, 3.63) is 29.8 Å². The van der Waals surface area contributed by atoms with E-state index >= 15 is 0 Å². The molecule has 0 radical (unpaired) electrons. The average Bonchev–Trinajstić information content (AvgIpc) is 2.67. The highest BCUT2D eigenvalue weighted by Crippen LogP contribution is 2.41. The molecule has 6 heteroatoms. The van der Waals surface area contributed by atoms with Gasteiger partial charge in [-0.25, -0.2) is 4.79 Å². The monoisotopic (exact) mass is 374 g/mol. The highest BCUT2D eigenvalue weighted by atomic mass is 16.5. The molecule has 0 saturated carbocycles. The molecule has 27 heavy (non-hydrogen) atoms. The normalized spacial score (nSPS) is 21.3. The van der Waals surface area contributed by atoms with Crippen molar-refractivity contribution in [2.24, 2.45) is 5.41 Å². The lowest BCUT2D eigenvalue weighted by Crippen LogP contribution is -2.55. The van der Waals surface area contributed by atoms with Crippen LogP contribution in [-0.4, -0.2) is 59.1 Å². The van der Waals surface area contributed by atoms with Gasteiger partial charge in [-0.1, -0.05) is 12.1 Å². The van der Waals surface area contributed by atoms with Crippen molar-refractivity contribution in [2.45, 2.75) is 52.1 Å². The lowest BCUT2D eigenvalue weighted by atomic mass is 9.72. The molecule has 2 aliphatic heterocycles. The molecule has 1 amide bonds. The Labute approximate surface area is 161 Å². The number of nitrogens with zero attached hydrogens (tertiary/aromatic N) is 2. The standard InChI is InChI=1S/C21H30N2O4/c1-3-27-18-6-4-17(5-7-18)14-22-12-10-21(11-13-22)9-8-19(24)23(15-21)16(2)20(25)26/h4-7,16H,3,8-15H2,1-2H3,(H,25,26). The number of amides is 1. The minimum atomic E-state index is -0.923. The zero-order valence-corrected chi connectivity index (χ0v) is 16.3. The van der Waals surface area contributed by atoms with E-state index in [1.54, 1.807) is 11.8 Å². The molecule has 1 aromatic rings. The van der Waals surface area contributed by atoms with Gasteiger partial charge in [0.1, 0.15) is 11.8 Å². The third-order valence-electron chi connectivity index (χ3n) is 6.08. The maximum atomic E-state index is 12.2. The molecule has 1 N–H and O–H groups in total. The summed E-state index contributed by atoms with van der Waals surface area (Å²) >= 11 is 0. The summed E-state index contributed by atoms with van der Waals surface area (Å²) in [7, 11) is 0. The van der Waals surface area contributed by atoms with Crippen LogP contribution in [0.15, 0.2) is 24.3 Å². The summed E-state index contributed by atoms with van der Waals surface area (Å²) in [5.74, 6) is -0.0426. The number of hydrogen-bond donors (Lipinski definition) is 1. The predicted octanol–water partition coefficient (Wildman–Crippen LogP) is 2.76. The Morgan fingerprint density at radius 3 is 2.48 bits per heavy atom. The second-order valence-corrected chi connectivity index (χ2v) is 7.89. The van der Waals surface area contributed by atoms with Crippen LogP contribution in [0.2, 0.25) is 0 Å². The summed E-state index contributed by atoms with van der Waals surface area (Å²) in [6.07, 6.45) is 3.38. The number of carbonyl (C=O) groups is 2. The highest BCUT2D eigenvalue weighted by Gasteiger charge is 2.43. The van der Waals surface area contributed by atoms with Crippen molar-refractivity contribution in [1.82, 2.24) is 9.80 Å². The van der Waals surface area contributed by atoms with Gasteiger partial charge in [-0.15, -0.1) is 0 Å². The molecule has 2 aliphatic rings. The number of likely N-dealkylation sites (tertiary alicyclic amines) is 2. The van der Waals surface area contributed by atoms with Gasteiger partial charge in [0.2, 0.25) is 5.91 Å². The van der Waals surface area contributed by atoms with Gasteiger partial charge >= 0.3 is 5.97 Å². The molecule has 2 saturated heterocycles. The molecular formula is C21H30N2O4. The van der Waals surface area contributed by atoms with Crippen molar-refractivity contribution < 1.29 is 19.4 Å². The van der Waals surface area contributed by atoms with E-state index in [0.29, 0.717) is 19.6 Å². The zero-order valence-electron chi connectivity index (χ0n) is 16.3. The van der Waals surface area contributed by atoms with Gasteiger partial charge in [-0.3, -0.25) is 9.69 Å². The quantitative estimate of drug-likeness (QED) is 0.829. The molecule has 1 aromatic carbocycles. The molecule has 3 rings (SSSR count). The fourth-order valence-corrected chi connectivity index (χ4v) is 4.24. The second-order valence-electron chi connectivity index (χ2n) is 7.89. The first kappa shape index (κ1) is 19.7. The summed E-state index contributed by atoms with van der Waals surface area (Å²) in [4.78, 5) is 27.5. The van der Waals surface area contributed by atoms with Crippen molar-refractivity contribution >= 4 is 11.9 Å². The summed E-state index contributed by atoms with van der Waals surface area (Å²) in [6.45, 7) is 7.72. The van der Waals surface area contributed by atoms with Gasteiger partial charge in [0.05, 0.1) is 6.61 Å². The Kier molecular flexibility index (Phi) is 6.05. The zero-order chi connectivity index (χ0) is 19.4. The Morgan fingerprint density at radius 2 is 1.89 bits per heavy atom. The number of aliphatic carboxylic acids is 1. The van der Waals surface area contributed by atoms with Crippen LogP contribution >= 0.6 is 0 Å². The van der Waals surface area contributed by atoms with E-state index in [-0.39, 0.29) is 11.3 Å². The maximum Gasteiger partial charge on any atom is 0.326 e. The van der Waals surface area contributed by atoms with E-state index < -0.39 is 12.0 Å². The molecule has 148 valence electrons. The molecule has 1 atom stereocenters. The topological polar surface area (TPSA) is 70.1 Å². The minimum absolute atomic E-state index is 0.0210. The van der Waals surface area contributed by atoms with Crippen LogP contribution in [0.3, 0.4) is 0 Å². The summed E-state index contributed by atoms with van der Waals surface area (Å²) in [6, 6.07) is 7.52. The number of benzene rings is 1. The molecule has 2 fully saturated rings. The van der Waals surface area contributed by atoms with Gasteiger partial charge in [0.25, 0.3) is 0 Å². The van der Waals surface area contributed by atoms with Crippen molar-refractivity contribution in [2.75, 3.05) is 26.2 Å². The van der Waals surface area contributed by atoms with Crippen LogP contribution in [0.5, 0.6) is 5.75 Å². The third-order valence-corrected chi connectivity index (χ3v) is 6.08. The number of hydrogen-bond acceptors (Lipinski definition) is 4. The summed E-state index contributed by atoms with van der Waals surface area (Å²) in [5, 5.41) is 9.29. The number of piperidine rings is 2. The van der Waals surface area contributed by atoms with Crippen LogP contribution in [0.4, 0.5) is 0 Å². The van der Waals surface area contributed by atoms with Gasteiger partial charge in [0, 0.05) is 19.5 Å². The Hall–Kier alpha value is -2.08. The first-order chi connectivity index (χ1) is 12.9. The van der Waals surface area contributed by atoms with E-state index in [2.05, 4.69) is 17.0 Å². The molecule has 2 heterocycles. The molecule has 6 nitrogen and oxygen atoms in total. The number of rotatable bonds is 6. The van der Waals surface area contributed by atoms with E-state index in [9.17, 15) is 14.7 Å². The van der Waals surface area contributed by atoms with E-state index in [0.717, 1.165) is 44.6 Å². The second kappa shape index (κ2) is 8.30. The van der Waals surface area contributed by atoms with Crippen LogP contribution < -0.4 is 4.74 Å². The van der Waals surface area contributed by atoms with Crippen LogP contribution in [0, 0.1) is 5.41 Å². The fraction of sp³-hybridized carbons (Fsp3) is 0.619. The molecule has 1 spiro atoms. The van der Waals surface area contributed by atoms with E-state index in [1.807, 2.05) is 19.1 Å². The van der Waals surface area contributed by atoms with E-state index in [4.69, 9.17) is 4.74 Å². The van der Waals surface area contributed by atoms with Crippen molar-refractivity contribution in [3.63, 3.8) is 0 Å². The van der Waals surface area contributed by atoms with E-state index in [1.165, 1.54) is 5.56 Å². The largest absolute Gasteiger partial charge is 0.494 e. The number of carboxylic acids is 1. The smallest absolute Gasteiger partial charge is 0.326 e. The Balaban J connectivity index is 1.56. The Bertz CT molecular complexity index is 665. The summed E-state index contributed by atoms with van der Waals surface area (Å²) in [5.41, 5.74) is 1.35. The molecule has 1 unspecified atom stereocenters.